The first-order valence-corrected chi connectivity index (χ1v) is 7.16. The quantitative estimate of drug-likeness (QED) is 0.595. The van der Waals surface area contributed by atoms with E-state index in [9.17, 15) is 4.79 Å². The van der Waals surface area contributed by atoms with E-state index in [1.807, 2.05) is 55.5 Å². The van der Waals surface area contributed by atoms with E-state index in [1.54, 1.807) is 6.20 Å². The number of aromatic amines is 1. The molecule has 0 aliphatic carbocycles. The Labute approximate surface area is 133 Å². The minimum Gasteiger partial charge on any atom is -0.369 e. The Balaban J connectivity index is 1.70. The number of aromatic nitrogens is 2. The summed E-state index contributed by atoms with van der Waals surface area (Å²) in [6.07, 6.45) is 1.65. The molecular formula is C17H17N5O. The highest BCUT2D eigenvalue weighted by molar-refractivity contribution is 6.00. The number of amides is 2. The molecule has 2 amide bonds. The van der Waals surface area contributed by atoms with Gasteiger partial charge in [-0.1, -0.05) is 29.8 Å². The average Bonchev–Trinajstić information content (AvgIpc) is 2.96. The van der Waals surface area contributed by atoms with Crippen molar-refractivity contribution in [2.75, 3.05) is 16.4 Å². The van der Waals surface area contributed by atoms with Gasteiger partial charge < -0.3 is 21.4 Å². The predicted molar refractivity (Wildman–Crippen MR) is 92.3 cm³/mol. The fraction of sp³-hybridized carbons (Fsp3) is 0.0588. The van der Waals surface area contributed by atoms with Crippen LogP contribution in [-0.4, -0.2) is 16.0 Å². The van der Waals surface area contributed by atoms with Gasteiger partial charge in [0, 0.05) is 16.9 Å². The molecular weight excluding hydrogens is 290 g/mol. The molecule has 0 aliphatic rings. The molecule has 3 rings (SSSR count). The third kappa shape index (κ3) is 3.68. The van der Waals surface area contributed by atoms with Gasteiger partial charge in [-0.2, -0.15) is 0 Å². The Morgan fingerprint density at radius 1 is 1.09 bits per heavy atom. The van der Waals surface area contributed by atoms with Gasteiger partial charge in [0.2, 0.25) is 0 Å². The van der Waals surface area contributed by atoms with Crippen LogP contribution in [0.5, 0.6) is 0 Å². The van der Waals surface area contributed by atoms with Gasteiger partial charge in [0.05, 0.1) is 11.9 Å². The number of nitrogen functional groups attached to an aromatic ring is 1. The number of rotatable bonds is 3. The normalized spacial score (nSPS) is 10.3. The molecule has 23 heavy (non-hydrogen) atoms. The molecule has 0 saturated carbocycles. The summed E-state index contributed by atoms with van der Waals surface area (Å²) in [6, 6.07) is 14.7. The first kappa shape index (κ1) is 14.6. The Bertz CT molecular complexity index is 823. The number of nitrogens with zero attached hydrogens (tertiary/aromatic N) is 1. The minimum atomic E-state index is -0.296. The van der Waals surface area contributed by atoms with Crippen LogP contribution in [0, 0.1) is 6.92 Å². The third-order valence-corrected chi connectivity index (χ3v) is 3.34. The van der Waals surface area contributed by atoms with Gasteiger partial charge in [-0.25, -0.2) is 9.78 Å². The molecule has 6 nitrogen and oxygen atoms in total. The minimum absolute atomic E-state index is 0.296. The van der Waals surface area contributed by atoms with Crippen LogP contribution in [0.1, 0.15) is 5.56 Å². The number of aryl methyl sites for hydroxylation is 1. The van der Waals surface area contributed by atoms with Gasteiger partial charge in [-0.15, -0.1) is 0 Å². The second-order valence-electron chi connectivity index (χ2n) is 5.21. The van der Waals surface area contributed by atoms with Crippen LogP contribution in [0.15, 0.2) is 54.7 Å². The molecule has 3 aromatic rings. The van der Waals surface area contributed by atoms with Crippen molar-refractivity contribution in [3.05, 3.63) is 60.3 Å². The van der Waals surface area contributed by atoms with Crippen LogP contribution in [0.3, 0.4) is 0 Å². The number of anilines is 3. The van der Waals surface area contributed by atoms with E-state index >= 15 is 0 Å². The average molecular weight is 307 g/mol. The van der Waals surface area contributed by atoms with Crippen LogP contribution in [-0.2, 0) is 0 Å². The molecule has 0 spiro atoms. The zero-order chi connectivity index (χ0) is 16.2. The van der Waals surface area contributed by atoms with E-state index in [4.69, 9.17) is 5.73 Å². The smallest absolute Gasteiger partial charge is 0.323 e. The number of carbonyl (C=O) groups excluding carboxylic acids is 1. The second-order valence-corrected chi connectivity index (χ2v) is 5.21. The van der Waals surface area contributed by atoms with Gasteiger partial charge in [0.25, 0.3) is 0 Å². The lowest BCUT2D eigenvalue weighted by atomic mass is 10.1. The highest BCUT2D eigenvalue weighted by atomic mass is 16.2. The number of nitrogens with one attached hydrogen (secondary N) is 3. The molecule has 0 unspecified atom stereocenters. The molecule has 5 N–H and O–H groups in total. The number of imidazole rings is 1. The molecule has 2 aromatic carbocycles. The topological polar surface area (TPSA) is 95.8 Å². The zero-order valence-corrected chi connectivity index (χ0v) is 12.6. The standard InChI is InChI=1S/C17H17N5O/c1-11-5-7-13(8-6-11)20-17(23)21-14-4-2-3-12(9-14)15-10-19-16(18)22-15/h2-10H,1H3,(H3,18,19,22)(H2,20,21,23). The third-order valence-electron chi connectivity index (χ3n) is 3.34. The zero-order valence-electron chi connectivity index (χ0n) is 12.6. The lowest BCUT2D eigenvalue weighted by molar-refractivity contribution is 0.262. The Hall–Kier alpha value is -3.28. The van der Waals surface area contributed by atoms with E-state index in [-0.39, 0.29) is 6.03 Å². The van der Waals surface area contributed by atoms with E-state index < -0.39 is 0 Å². The van der Waals surface area contributed by atoms with Crippen molar-refractivity contribution in [3.8, 4) is 11.3 Å². The molecule has 1 aromatic heterocycles. The predicted octanol–water partition coefficient (Wildman–Crippen LogP) is 3.61. The SMILES string of the molecule is Cc1ccc(NC(=O)Nc2cccc(-c3cnc(N)[nH]3)c2)cc1. The van der Waals surface area contributed by atoms with Gasteiger partial charge in [0.15, 0.2) is 5.95 Å². The molecule has 116 valence electrons. The van der Waals surface area contributed by atoms with Crippen LogP contribution in [0.4, 0.5) is 22.1 Å². The summed E-state index contributed by atoms with van der Waals surface area (Å²) >= 11 is 0. The number of urea groups is 1. The maximum atomic E-state index is 12.1. The second kappa shape index (κ2) is 6.23. The largest absolute Gasteiger partial charge is 0.369 e. The lowest BCUT2D eigenvalue weighted by Gasteiger charge is -2.09. The van der Waals surface area contributed by atoms with Gasteiger partial charge in [-0.05, 0) is 31.2 Å². The van der Waals surface area contributed by atoms with Crippen molar-refractivity contribution < 1.29 is 4.79 Å². The van der Waals surface area contributed by atoms with Crippen molar-refractivity contribution in [1.82, 2.24) is 9.97 Å². The summed E-state index contributed by atoms with van der Waals surface area (Å²) in [5.41, 5.74) is 9.84. The maximum Gasteiger partial charge on any atom is 0.323 e. The number of hydrogen-bond donors (Lipinski definition) is 4. The number of H-pyrrole nitrogens is 1. The number of hydrogen-bond acceptors (Lipinski definition) is 3. The molecule has 0 saturated heterocycles. The van der Waals surface area contributed by atoms with E-state index in [0.29, 0.717) is 11.6 Å². The summed E-state index contributed by atoms with van der Waals surface area (Å²) in [5, 5.41) is 5.60. The van der Waals surface area contributed by atoms with E-state index in [0.717, 1.165) is 22.5 Å². The van der Waals surface area contributed by atoms with Crippen LogP contribution in [0.2, 0.25) is 0 Å². The van der Waals surface area contributed by atoms with Crippen LogP contribution >= 0.6 is 0 Å². The Kier molecular flexibility index (Phi) is 3.97. The van der Waals surface area contributed by atoms with Gasteiger partial charge >= 0.3 is 6.03 Å². The summed E-state index contributed by atoms with van der Waals surface area (Å²) in [4.78, 5) is 19.0. The molecule has 0 fully saturated rings. The van der Waals surface area contributed by atoms with Crippen molar-refractivity contribution >= 4 is 23.4 Å². The Morgan fingerprint density at radius 3 is 2.52 bits per heavy atom. The molecule has 1 heterocycles. The molecule has 0 bridgehead atoms. The summed E-state index contributed by atoms with van der Waals surface area (Å²) in [7, 11) is 0. The fourth-order valence-electron chi connectivity index (χ4n) is 2.18. The fourth-order valence-corrected chi connectivity index (χ4v) is 2.18. The van der Waals surface area contributed by atoms with Gasteiger partial charge in [-0.3, -0.25) is 0 Å². The first-order chi connectivity index (χ1) is 11.1. The van der Waals surface area contributed by atoms with Crippen molar-refractivity contribution in [3.63, 3.8) is 0 Å². The maximum absolute atomic E-state index is 12.1. The summed E-state index contributed by atoms with van der Waals surface area (Å²) in [5.74, 6) is 0.357. The first-order valence-electron chi connectivity index (χ1n) is 7.16. The molecule has 0 aliphatic heterocycles. The lowest BCUT2D eigenvalue weighted by Crippen LogP contribution is -2.19. The van der Waals surface area contributed by atoms with Crippen molar-refractivity contribution in [1.29, 1.82) is 0 Å². The van der Waals surface area contributed by atoms with Crippen molar-refractivity contribution in [2.45, 2.75) is 6.92 Å². The highest BCUT2D eigenvalue weighted by Gasteiger charge is 2.05. The number of nitrogens with two attached hydrogens (primary N) is 1. The van der Waals surface area contributed by atoms with Crippen LogP contribution in [0.25, 0.3) is 11.3 Å². The Morgan fingerprint density at radius 2 is 1.83 bits per heavy atom. The van der Waals surface area contributed by atoms with Crippen molar-refractivity contribution in [2.24, 2.45) is 0 Å². The van der Waals surface area contributed by atoms with E-state index in [1.165, 1.54) is 0 Å². The van der Waals surface area contributed by atoms with Crippen LogP contribution < -0.4 is 16.4 Å². The molecule has 0 atom stereocenters. The molecule has 6 heteroatoms. The number of carbonyl (C=O) groups is 1. The number of benzene rings is 2. The van der Waals surface area contributed by atoms with Gasteiger partial charge in [0.1, 0.15) is 0 Å². The highest BCUT2D eigenvalue weighted by Crippen LogP contribution is 2.21. The monoisotopic (exact) mass is 307 g/mol. The summed E-state index contributed by atoms with van der Waals surface area (Å²) in [6.45, 7) is 2.00. The summed E-state index contributed by atoms with van der Waals surface area (Å²) < 4.78 is 0. The molecule has 0 radical (unpaired) electrons. The van der Waals surface area contributed by atoms with E-state index in [2.05, 4.69) is 20.6 Å².